The largest absolute Gasteiger partial charge is 0.465 e. The summed E-state index contributed by atoms with van der Waals surface area (Å²) in [5.41, 5.74) is 1.67. The fraction of sp³-hybridized carbons (Fsp3) is 0.600. The van der Waals surface area contributed by atoms with Crippen LogP contribution in [0.3, 0.4) is 0 Å². The maximum absolute atomic E-state index is 12.3. The van der Waals surface area contributed by atoms with Gasteiger partial charge >= 0.3 is 11.9 Å². The Hall–Kier alpha value is -1.84. The van der Waals surface area contributed by atoms with Crippen LogP contribution in [0.15, 0.2) is 18.2 Å². The third-order valence-electron chi connectivity index (χ3n) is 4.23. The van der Waals surface area contributed by atoms with Gasteiger partial charge in [0.1, 0.15) is 0 Å². The molecule has 0 saturated carbocycles. The number of hydrogen-bond donors (Lipinski definition) is 0. The SMILES string of the molecule is CCCCCC(CCC)COC(=O)c1ccc(C(=O)OC)cc1C. The van der Waals surface area contributed by atoms with Gasteiger partial charge in [0.05, 0.1) is 24.8 Å². The van der Waals surface area contributed by atoms with Gasteiger partial charge in [-0.25, -0.2) is 9.59 Å². The van der Waals surface area contributed by atoms with Crippen molar-refractivity contribution in [3.63, 3.8) is 0 Å². The standard InChI is InChI=1S/C20H30O4/c1-5-7-8-10-16(9-6-2)14-24-20(22)18-12-11-17(13-15(18)3)19(21)23-4/h11-13,16H,5-10,14H2,1-4H3. The van der Waals surface area contributed by atoms with E-state index in [2.05, 4.69) is 18.6 Å². The third-order valence-corrected chi connectivity index (χ3v) is 4.23. The lowest BCUT2D eigenvalue weighted by atomic mass is 9.97. The van der Waals surface area contributed by atoms with Crippen LogP contribution in [0.5, 0.6) is 0 Å². The molecular weight excluding hydrogens is 304 g/mol. The molecule has 1 unspecified atom stereocenters. The highest BCUT2D eigenvalue weighted by atomic mass is 16.5. The Labute approximate surface area is 145 Å². The minimum absolute atomic E-state index is 0.319. The predicted octanol–water partition coefficient (Wildman–Crippen LogP) is 4.94. The van der Waals surface area contributed by atoms with E-state index in [1.54, 1.807) is 25.1 Å². The molecule has 0 aliphatic rings. The Morgan fingerprint density at radius 3 is 2.38 bits per heavy atom. The van der Waals surface area contributed by atoms with Crippen molar-refractivity contribution in [1.82, 2.24) is 0 Å². The number of rotatable bonds is 10. The molecule has 1 rings (SSSR count). The topological polar surface area (TPSA) is 52.6 Å². The van der Waals surface area contributed by atoms with Gasteiger partial charge in [0.15, 0.2) is 0 Å². The van der Waals surface area contributed by atoms with Gasteiger partial charge in [-0.05, 0) is 49.4 Å². The molecule has 4 heteroatoms. The zero-order chi connectivity index (χ0) is 17.9. The number of carbonyl (C=O) groups is 2. The quantitative estimate of drug-likeness (QED) is 0.449. The van der Waals surface area contributed by atoms with Crippen molar-refractivity contribution in [1.29, 1.82) is 0 Å². The molecule has 0 amide bonds. The van der Waals surface area contributed by atoms with Crippen LogP contribution in [-0.2, 0) is 9.47 Å². The number of aryl methyl sites for hydroxylation is 1. The molecular formula is C20H30O4. The van der Waals surface area contributed by atoms with Crippen molar-refractivity contribution >= 4 is 11.9 Å². The first kappa shape index (κ1) is 20.2. The van der Waals surface area contributed by atoms with Gasteiger partial charge in [-0.2, -0.15) is 0 Å². The van der Waals surface area contributed by atoms with Gasteiger partial charge in [0, 0.05) is 0 Å². The fourth-order valence-corrected chi connectivity index (χ4v) is 2.81. The molecule has 0 spiro atoms. The van der Waals surface area contributed by atoms with Gasteiger partial charge in [-0.15, -0.1) is 0 Å². The lowest BCUT2D eigenvalue weighted by molar-refractivity contribution is 0.0421. The van der Waals surface area contributed by atoms with Crippen LogP contribution < -0.4 is 0 Å². The molecule has 1 aromatic carbocycles. The summed E-state index contributed by atoms with van der Waals surface area (Å²) in [6.07, 6.45) is 6.89. The van der Waals surface area contributed by atoms with Crippen LogP contribution in [0.1, 0.15) is 78.7 Å². The number of unbranched alkanes of at least 4 members (excludes halogenated alkanes) is 2. The van der Waals surface area contributed by atoms with E-state index in [0.29, 0.717) is 23.7 Å². The number of carbonyl (C=O) groups excluding carboxylic acids is 2. The Morgan fingerprint density at radius 1 is 1.04 bits per heavy atom. The van der Waals surface area contributed by atoms with E-state index in [9.17, 15) is 9.59 Å². The van der Waals surface area contributed by atoms with E-state index in [1.807, 2.05) is 0 Å². The fourth-order valence-electron chi connectivity index (χ4n) is 2.81. The second-order valence-corrected chi connectivity index (χ2v) is 6.27. The first-order valence-electron chi connectivity index (χ1n) is 8.89. The Bertz CT molecular complexity index is 536. The summed E-state index contributed by atoms with van der Waals surface area (Å²) in [6.45, 7) is 6.61. The van der Waals surface area contributed by atoms with E-state index in [0.717, 1.165) is 24.8 Å². The van der Waals surface area contributed by atoms with Crippen LogP contribution in [-0.4, -0.2) is 25.7 Å². The number of methoxy groups -OCH3 is 1. The smallest absolute Gasteiger partial charge is 0.338 e. The molecule has 0 heterocycles. The highest BCUT2D eigenvalue weighted by Crippen LogP contribution is 2.18. The van der Waals surface area contributed by atoms with E-state index in [1.165, 1.54) is 26.4 Å². The van der Waals surface area contributed by atoms with E-state index in [4.69, 9.17) is 4.74 Å². The van der Waals surface area contributed by atoms with E-state index < -0.39 is 5.97 Å². The van der Waals surface area contributed by atoms with Crippen molar-refractivity contribution in [3.8, 4) is 0 Å². The minimum atomic E-state index is -0.406. The molecule has 4 nitrogen and oxygen atoms in total. The maximum Gasteiger partial charge on any atom is 0.338 e. The van der Waals surface area contributed by atoms with Crippen LogP contribution in [0.4, 0.5) is 0 Å². The lowest BCUT2D eigenvalue weighted by Gasteiger charge is -2.16. The molecule has 24 heavy (non-hydrogen) atoms. The molecule has 0 radical (unpaired) electrons. The Balaban J connectivity index is 2.64. The van der Waals surface area contributed by atoms with Crippen LogP contribution >= 0.6 is 0 Å². The van der Waals surface area contributed by atoms with Crippen molar-refractivity contribution in [3.05, 3.63) is 34.9 Å². The van der Waals surface area contributed by atoms with Gasteiger partial charge in [0.2, 0.25) is 0 Å². The average Bonchev–Trinajstić information content (AvgIpc) is 2.58. The number of esters is 2. The third kappa shape index (κ3) is 6.34. The van der Waals surface area contributed by atoms with Crippen LogP contribution in [0.2, 0.25) is 0 Å². The zero-order valence-corrected chi connectivity index (χ0v) is 15.4. The summed E-state index contributed by atoms with van der Waals surface area (Å²) in [4.78, 5) is 23.8. The number of hydrogen-bond acceptors (Lipinski definition) is 4. The highest BCUT2D eigenvalue weighted by molar-refractivity contribution is 5.94. The van der Waals surface area contributed by atoms with Crippen molar-refractivity contribution in [2.24, 2.45) is 5.92 Å². The molecule has 134 valence electrons. The lowest BCUT2D eigenvalue weighted by Crippen LogP contribution is -2.15. The molecule has 0 aliphatic heterocycles. The molecule has 1 atom stereocenters. The number of benzene rings is 1. The summed E-state index contributed by atoms with van der Waals surface area (Å²) in [5, 5.41) is 0. The normalized spacial score (nSPS) is 11.8. The summed E-state index contributed by atoms with van der Waals surface area (Å²) < 4.78 is 10.2. The molecule has 0 aromatic heterocycles. The minimum Gasteiger partial charge on any atom is -0.465 e. The molecule has 0 bridgehead atoms. The predicted molar refractivity (Wildman–Crippen MR) is 95.3 cm³/mol. The molecule has 0 aliphatic carbocycles. The number of ether oxygens (including phenoxy) is 2. The second-order valence-electron chi connectivity index (χ2n) is 6.27. The van der Waals surface area contributed by atoms with Gasteiger partial charge in [0.25, 0.3) is 0 Å². The summed E-state index contributed by atoms with van der Waals surface area (Å²) in [6, 6.07) is 4.89. The van der Waals surface area contributed by atoms with Crippen molar-refractivity contribution in [2.75, 3.05) is 13.7 Å². The maximum atomic E-state index is 12.3. The van der Waals surface area contributed by atoms with E-state index >= 15 is 0 Å². The van der Waals surface area contributed by atoms with Gasteiger partial charge in [-0.3, -0.25) is 0 Å². The van der Waals surface area contributed by atoms with Crippen LogP contribution in [0, 0.1) is 12.8 Å². The van der Waals surface area contributed by atoms with Gasteiger partial charge in [-0.1, -0.05) is 39.5 Å². The molecule has 1 aromatic rings. The molecule has 0 saturated heterocycles. The van der Waals surface area contributed by atoms with Gasteiger partial charge < -0.3 is 9.47 Å². The molecule has 0 N–H and O–H groups in total. The zero-order valence-electron chi connectivity index (χ0n) is 15.4. The Kier molecular flexibility index (Phi) is 9.13. The first-order chi connectivity index (χ1) is 11.5. The first-order valence-corrected chi connectivity index (χ1v) is 8.89. The average molecular weight is 334 g/mol. The molecule has 0 fully saturated rings. The Morgan fingerprint density at radius 2 is 1.79 bits per heavy atom. The second kappa shape index (κ2) is 10.8. The summed E-state index contributed by atoms with van der Waals surface area (Å²) in [7, 11) is 1.34. The summed E-state index contributed by atoms with van der Waals surface area (Å²) in [5.74, 6) is -0.294. The van der Waals surface area contributed by atoms with Crippen molar-refractivity contribution < 1.29 is 19.1 Å². The van der Waals surface area contributed by atoms with Crippen LogP contribution in [0.25, 0.3) is 0 Å². The summed E-state index contributed by atoms with van der Waals surface area (Å²) >= 11 is 0. The monoisotopic (exact) mass is 334 g/mol. The highest BCUT2D eigenvalue weighted by Gasteiger charge is 2.16. The van der Waals surface area contributed by atoms with Crippen molar-refractivity contribution in [2.45, 2.75) is 59.3 Å². The van der Waals surface area contributed by atoms with E-state index in [-0.39, 0.29) is 5.97 Å².